The molecule has 20 heavy (non-hydrogen) atoms. The number of amidine groups is 1. The van der Waals surface area contributed by atoms with Gasteiger partial charge in [0, 0.05) is 5.69 Å². The quantitative estimate of drug-likeness (QED) is 0.315. The first kappa shape index (κ1) is 12.1. The summed E-state index contributed by atoms with van der Waals surface area (Å²) in [5, 5.41) is 11.7. The van der Waals surface area contributed by atoms with Gasteiger partial charge in [-0.25, -0.2) is 15.0 Å². The van der Waals surface area contributed by atoms with Crippen LogP contribution in [0.4, 0.5) is 0 Å². The van der Waals surface area contributed by atoms with Gasteiger partial charge < -0.3 is 10.9 Å². The lowest BCUT2D eigenvalue weighted by atomic mass is 10.3. The SMILES string of the molecule is Cc1cc(/C(N)=N/O)nc(-n2cnc3ccccc32)n1. The van der Waals surface area contributed by atoms with Crippen molar-refractivity contribution in [3.05, 3.63) is 48.0 Å². The topological polar surface area (TPSA) is 102 Å². The van der Waals surface area contributed by atoms with Crippen LogP contribution in [-0.2, 0) is 0 Å². The van der Waals surface area contributed by atoms with Crippen LogP contribution in [0.15, 0.2) is 41.8 Å². The van der Waals surface area contributed by atoms with Crippen LogP contribution in [-0.4, -0.2) is 30.6 Å². The maximum absolute atomic E-state index is 8.76. The number of imidazole rings is 1. The number of hydrogen-bond donors (Lipinski definition) is 2. The third-order valence-electron chi connectivity index (χ3n) is 2.88. The van der Waals surface area contributed by atoms with Crippen molar-refractivity contribution in [3.8, 4) is 5.95 Å². The molecule has 100 valence electrons. The largest absolute Gasteiger partial charge is 0.409 e. The third kappa shape index (κ3) is 1.95. The molecule has 1 aromatic carbocycles. The Morgan fingerprint density at radius 1 is 1.30 bits per heavy atom. The maximum Gasteiger partial charge on any atom is 0.236 e. The van der Waals surface area contributed by atoms with Crippen LogP contribution < -0.4 is 5.73 Å². The highest BCUT2D eigenvalue weighted by atomic mass is 16.4. The number of nitrogens with zero attached hydrogens (tertiary/aromatic N) is 5. The number of benzene rings is 1. The fourth-order valence-electron chi connectivity index (χ4n) is 1.96. The molecule has 0 saturated heterocycles. The molecular weight excluding hydrogens is 256 g/mol. The van der Waals surface area contributed by atoms with Crippen molar-refractivity contribution < 1.29 is 5.21 Å². The van der Waals surface area contributed by atoms with E-state index in [4.69, 9.17) is 10.9 Å². The summed E-state index contributed by atoms with van der Waals surface area (Å²) in [6.45, 7) is 1.82. The Morgan fingerprint density at radius 2 is 2.10 bits per heavy atom. The number of fused-ring (bicyclic) bond motifs is 1. The van der Waals surface area contributed by atoms with Crippen LogP contribution in [0.5, 0.6) is 0 Å². The first-order chi connectivity index (χ1) is 9.69. The van der Waals surface area contributed by atoms with E-state index in [1.165, 1.54) is 0 Å². The van der Waals surface area contributed by atoms with Crippen LogP contribution in [0.1, 0.15) is 11.4 Å². The number of aryl methyl sites for hydroxylation is 1. The molecule has 0 saturated carbocycles. The molecule has 0 radical (unpaired) electrons. The molecule has 7 nitrogen and oxygen atoms in total. The number of hydrogen-bond acceptors (Lipinski definition) is 5. The van der Waals surface area contributed by atoms with E-state index in [-0.39, 0.29) is 5.84 Å². The predicted molar refractivity (Wildman–Crippen MR) is 73.9 cm³/mol. The Labute approximate surface area is 114 Å². The second-order valence-corrected chi connectivity index (χ2v) is 4.28. The van der Waals surface area contributed by atoms with Gasteiger partial charge in [-0.15, -0.1) is 0 Å². The summed E-state index contributed by atoms with van der Waals surface area (Å²) >= 11 is 0. The zero-order valence-corrected chi connectivity index (χ0v) is 10.7. The lowest BCUT2D eigenvalue weighted by Gasteiger charge is -2.06. The van der Waals surface area contributed by atoms with Crippen molar-refractivity contribution in [2.45, 2.75) is 6.92 Å². The standard InChI is InChI=1S/C13H12N6O/c1-8-6-10(12(14)18-20)17-13(16-8)19-7-15-9-4-2-3-5-11(9)19/h2-7,20H,1H3,(H2,14,18). The van der Waals surface area contributed by atoms with Crippen molar-refractivity contribution >= 4 is 16.9 Å². The fraction of sp³-hybridized carbons (Fsp3) is 0.0769. The zero-order valence-electron chi connectivity index (χ0n) is 10.7. The predicted octanol–water partition coefficient (Wildman–Crippen LogP) is 1.22. The lowest BCUT2D eigenvalue weighted by Crippen LogP contribution is -2.17. The van der Waals surface area contributed by atoms with E-state index in [1.54, 1.807) is 17.0 Å². The molecule has 0 unspecified atom stereocenters. The van der Waals surface area contributed by atoms with Gasteiger partial charge in [0.1, 0.15) is 12.0 Å². The van der Waals surface area contributed by atoms with Crippen LogP contribution >= 0.6 is 0 Å². The van der Waals surface area contributed by atoms with Crippen molar-refractivity contribution in [2.24, 2.45) is 10.9 Å². The van der Waals surface area contributed by atoms with Gasteiger partial charge in [0.15, 0.2) is 5.84 Å². The minimum atomic E-state index is -0.0545. The van der Waals surface area contributed by atoms with Gasteiger partial charge >= 0.3 is 0 Å². The average Bonchev–Trinajstić information content (AvgIpc) is 2.89. The van der Waals surface area contributed by atoms with Crippen LogP contribution in [0.25, 0.3) is 17.0 Å². The fourth-order valence-corrected chi connectivity index (χ4v) is 1.96. The number of aromatic nitrogens is 4. The number of rotatable bonds is 2. The first-order valence-electron chi connectivity index (χ1n) is 5.95. The first-order valence-corrected chi connectivity index (χ1v) is 5.95. The summed E-state index contributed by atoms with van der Waals surface area (Å²) in [4.78, 5) is 12.9. The minimum Gasteiger partial charge on any atom is -0.409 e. The van der Waals surface area contributed by atoms with Crippen molar-refractivity contribution in [1.82, 2.24) is 19.5 Å². The van der Waals surface area contributed by atoms with Crippen LogP contribution in [0.3, 0.4) is 0 Å². The van der Waals surface area contributed by atoms with E-state index in [0.717, 1.165) is 16.7 Å². The van der Waals surface area contributed by atoms with E-state index < -0.39 is 0 Å². The molecule has 3 N–H and O–H groups in total. The van der Waals surface area contributed by atoms with Gasteiger partial charge in [-0.1, -0.05) is 17.3 Å². The summed E-state index contributed by atoms with van der Waals surface area (Å²) in [5.74, 6) is 0.376. The molecule has 3 aromatic rings. The van der Waals surface area contributed by atoms with Gasteiger partial charge in [0.25, 0.3) is 0 Å². The van der Waals surface area contributed by atoms with Gasteiger partial charge in [-0.2, -0.15) is 0 Å². The summed E-state index contributed by atoms with van der Waals surface area (Å²) in [6, 6.07) is 9.32. The number of para-hydroxylation sites is 2. The second-order valence-electron chi connectivity index (χ2n) is 4.28. The zero-order chi connectivity index (χ0) is 14.1. The van der Waals surface area contributed by atoms with E-state index >= 15 is 0 Å². The van der Waals surface area contributed by atoms with Crippen LogP contribution in [0, 0.1) is 6.92 Å². The van der Waals surface area contributed by atoms with Gasteiger partial charge in [0.2, 0.25) is 5.95 Å². The Hall–Kier alpha value is -2.96. The molecule has 0 spiro atoms. The average molecular weight is 268 g/mol. The Bertz CT molecular complexity index is 807. The molecule has 3 rings (SSSR count). The summed E-state index contributed by atoms with van der Waals surface area (Å²) in [5.41, 5.74) is 8.41. The second kappa shape index (κ2) is 4.61. The smallest absolute Gasteiger partial charge is 0.236 e. The van der Waals surface area contributed by atoms with Crippen molar-refractivity contribution in [3.63, 3.8) is 0 Å². The highest BCUT2D eigenvalue weighted by molar-refractivity contribution is 5.95. The van der Waals surface area contributed by atoms with Gasteiger partial charge in [-0.3, -0.25) is 4.57 Å². The molecular formula is C13H12N6O. The highest BCUT2D eigenvalue weighted by Crippen LogP contribution is 2.15. The van der Waals surface area contributed by atoms with Crippen molar-refractivity contribution in [2.75, 3.05) is 0 Å². The minimum absolute atomic E-state index is 0.0545. The van der Waals surface area contributed by atoms with E-state index in [0.29, 0.717) is 11.6 Å². The Kier molecular flexibility index (Phi) is 2.79. The maximum atomic E-state index is 8.76. The summed E-state index contributed by atoms with van der Waals surface area (Å²) in [6.07, 6.45) is 1.65. The molecule has 7 heteroatoms. The molecule has 0 aliphatic carbocycles. The van der Waals surface area contributed by atoms with Gasteiger partial charge in [-0.05, 0) is 25.1 Å². The third-order valence-corrected chi connectivity index (χ3v) is 2.88. The van der Waals surface area contributed by atoms with Gasteiger partial charge in [0.05, 0.1) is 11.0 Å². The van der Waals surface area contributed by atoms with E-state index in [1.807, 2.05) is 31.2 Å². The van der Waals surface area contributed by atoms with Crippen LogP contribution in [0.2, 0.25) is 0 Å². The molecule has 0 aliphatic heterocycles. The molecule has 0 aliphatic rings. The number of nitrogens with two attached hydrogens (primary N) is 1. The molecule has 0 atom stereocenters. The molecule has 2 heterocycles. The van der Waals surface area contributed by atoms with E-state index in [9.17, 15) is 0 Å². The summed E-state index contributed by atoms with van der Waals surface area (Å²) in [7, 11) is 0. The Morgan fingerprint density at radius 3 is 2.90 bits per heavy atom. The summed E-state index contributed by atoms with van der Waals surface area (Å²) < 4.78 is 1.76. The molecule has 0 fully saturated rings. The molecule has 2 aromatic heterocycles. The molecule has 0 amide bonds. The molecule has 0 bridgehead atoms. The Balaban J connectivity index is 2.22. The highest BCUT2D eigenvalue weighted by Gasteiger charge is 2.10. The van der Waals surface area contributed by atoms with Crippen molar-refractivity contribution in [1.29, 1.82) is 0 Å². The van der Waals surface area contributed by atoms with E-state index in [2.05, 4.69) is 20.1 Å². The lowest BCUT2D eigenvalue weighted by molar-refractivity contribution is 0.318. The number of oxime groups is 1. The monoisotopic (exact) mass is 268 g/mol. The normalized spacial score (nSPS) is 11.9.